The molecule has 3 heterocycles. The van der Waals surface area contributed by atoms with Gasteiger partial charge in [0.15, 0.2) is 0 Å². The van der Waals surface area contributed by atoms with Gasteiger partial charge in [0.05, 0.1) is 11.9 Å². The van der Waals surface area contributed by atoms with E-state index in [1.165, 1.54) is 7.05 Å². The number of para-hydroxylation sites is 1. The number of piperidine rings is 2. The van der Waals surface area contributed by atoms with Crippen molar-refractivity contribution in [3.05, 3.63) is 95.7 Å². The minimum Gasteiger partial charge on any atom is -0.373 e. The molecule has 292 valence electrons. The lowest BCUT2D eigenvalue weighted by molar-refractivity contribution is -0.137. The van der Waals surface area contributed by atoms with Crippen LogP contribution in [0.25, 0.3) is 0 Å². The average Bonchev–Trinajstić information content (AvgIpc) is 3.15. The van der Waals surface area contributed by atoms with Crippen molar-refractivity contribution in [3.63, 3.8) is 0 Å². The number of nitrogens with zero attached hydrogens (tertiary/aromatic N) is 5. The smallest absolute Gasteiger partial charge is 0.373 e. The molecule has 2 amide bonds. The fraction of sp³-hybridized carbons (Fsp3) is 0.368. The normalized spacial score (nSPS) is 16.9. The summed E-state index contributed by atoms with van der Waals surface area (Å²) in [6.45, 7) is 2.33. The molecule has 4 N–H and O–H groups in total. The van der Waals surface area contributed by atoms with E-state index in [-0.39, 0.29) is 24.3 Å². The van der Waals surface area contributed by atoms with Crippen molar-refractivity contribution in [1.82, 2.24) is 20.2 Å². The van der Waals surface area contributed by atoms with Crippen LogP contribution in [0.3, 0.4) is 0 Å². The average molecular weight is 780 g/mol. The highest BCUT2D eigenvalue weighted by Crippen LogP contribution is 2.35. The van der Waals surface area contributed by atoms with Crippen molar-refractivity contribution in [2.24, 2.45) is 0 Å². The minimum atomic E-state index is -4.71. The highest BCUT2D eigenvalue weighted by atomic mass is 32.2. The second kappa shape index (κ2) is 16.5. The molecule has 6 rings (SSSR count). The number of rotatable bonds is 13. The van der Waals surface area contributed by atoms with Crippen LogP contribution in [0.4, 0.5) is 47.7 Å². The van der Waals surface area contributed by atoms with E-state index in [1.54, 1.807) is 24.3 Å². The summed E-state index contributed by atoms with van der Waals surface area (Å²) in [6, 6.07) is 21.9. The lowest BCUT2D eigenvalue weighted by Crippen LogP contribution is -2.47. The molecule has 2 fully saturated rings. The number of imide groups is 1. The lowest BCUT2D eigenvalue weighted by atomic mass is 10.0. The minimum absolute atomic E-state index is 0.0217. The van der Waals surface area contributed by atoms with Crippen LogP contribution in [0, 0.1) is 0 Å². The number of sulfonamides is 1. The van der Waals surface area contributed by atoms with Gasteiger partial charge in [-0.05, 0) is 79.9 Å². The summed E-state index contributed by atoms with van der Waals surface area (Å²) in [6.07, 6.45) is -0.267. The Labute approximate surface area is 318 Å². The number of hydrogen-bond donors (Lipinski definition) is 4. The molecule has 2 saturated heterocycles. The van der Waals surface area contributed by atoms with Gasteiger partial charge >= 0.3 is 6.18 Å². The van der Waals surface area contributed by atoms with Crippen LogP contribution in [-0.4, -0.2) is 80.6 Å². The number of hydrogen-bond acceptors (Lipinski definition) is 11. The van der Waals surface area contributed by atoms with E-state index in [4.69, 9.17) is 0 Å². The topological polar surface area (TPSA) is 152 Å². The van der Waals surface area contributed by atoms with Crippen LogP contribution in [0.15, 0.2) is 79.0 Å². The number of aromatic nitrogens is 2. The van der Waals surface area contributed by atoms with Gasteiger partial charge in [0.1, 0.15) is 17.4 Å². The van der Waals surface area contributed by atoms with Crippen molar-refractivity contribution in [2.45, 2.75) is 57.0 Å². The third kappa shape index (κ3) is 10.0. The van der Waals surface area contributed by atoms with Gasteiger partial charge in [-0.2, -0.15) is 18.2 Å². The van der Waals surface area contributed by atoms with Gasteiger partial charge in [0.2, 0.25) is 27.8 Å². The summed E-state index contributed by atoms with van der Waals surface area (Å²) >= 11 is 0. The Morgan fingerprint density at radius 2 is 1.69 bits per heavy atom. The maximum atomic E-state index is 13.9. The Morgan fingerprint density at radius 1 is 0.964 bits per heavy atom. The second-order valence-electron chi connectivity index (χ2n) is 13.8. The number of nitrogens with one attached hydrogen (secondary N) is 4. The van der Waals surface area contributed by atoms with E-state index < -0.39 is 33.6 Å². The number of benzene rings is 3. The molecular weight excluding hydrogens is 736 g/mol. The van der Waals surface area contributed by atoms with Crippen LogP contribution in [0.5, 0.6) is 0 Å². The van der Waals surface area contributed by atoms with Gasteiger partial charge in [-0.25, -0.2) is 13.4 Å². The van der Waals surface area contributed by atoms with E-state index in [9.17, 15) is 31.2 Å². The molecule has 2 aliphatic heterocycles. The highest BCUT2D eigenvalue weighted by Gasteiger charge is 2.35. The lowest BCUT2D eigenvalue weighted by Gasteiger charge is -2.38. The van der Waals surface area contributed by atoms with Crippen LogP contribution in [0.2, 0.25) is 0 Å². The number of halogens is 3. The molecule has 0 aliphatic carbocycles. The van der Waals surface area contributed by atoms with Crippen molar-refractivity contribution in [1.29, 1.82) is 0 Å². The van der Waals surface area contributed by atoms with Gasteiger partial charge in [-0.1, -0.05) is 30.3 Å². The first-order valence-corrected chi connectivity index (χ1v) is 19.7. The van der Waals surface area contributed by atoms with Crippen molar-refractivity contribution >= 4 is 56.4 Å². The summed E-state index contributed by atoms with van der Waals surface area (Å²) < 4.78 is 66.7. The summed E-state index contributed by atoms with van der Waals surface area (Å²) in [7, 11) is -0.0163. The molecule has 13 nitrogen and oxygen atoms in total. The first-order valence-electron chi connectivity index (χ1n) is 17.9. The fourth-order valence-corrected chi connectivity index (χ4v) is 7.19. The third-order valence-electron chi connectivity index (χ3n) is 9.91. The molecule has 0 saturated carbocycles. The zero-order valence-corrected chi connectivity index (χ0v) is 31.5. The maximum Gasteiger partial charge on any atom is 0.421 e. The molecule has 17 heteroatoms. The van der Waals surface area contributed by atoms with Gasteiger partial charge in [0, 0.05) is 68.9 Å². The third-order valence-corrected chi connectivity index (χ3v) is 11.1. The zero-order chi connectivity index (χ0) is 39.3. The second-order valence-corrected chi connectivity index (χ2v) is 15.8. The van der Waals surface area contributed by atoms with Gasteiger partial charge < -0.3 is 20.9 Å². The number of carbonyl (C=O) groups is 2. The molecule has 0 radical (unpaired) electrons. The predicted molar refractivity (Wildman–Crippen MR) is 207 cm³/mol. The first kappa shape index (κ1) is 39.3. The van der Waals surface area contributed by atoms with Crippen molar-refractivity contribution < 1.29 is 31.2 Å². The van der Waals surface area contributed by atoms with Crippen LogP contribution >= 0.6 is 0 Å². The predicted octanol–water partition coefficient (Wildman–Crippen LogP) is 5.56. The Hall–Kier alpha value is -5.42. The quantitative estimate of drug-likeness (QED) is 0.126. The Bertz CT molecular complexity index is 2110. The Kier molecular flexibility index (Phi) is 11.8. The monoisotopic (exact) mass is 779 g/mol. The number of anilines is 6. The maximum absolute atomic E-state index is 13.9. The zero-order valence-electron chi connectivity index (χ0n) is 30.7. The van der Waals surface area contributed by atoms with Crippen LogP contribution in [0.1, 0.15) is 42.4 Å². The van der Waals surface area contributed by atoms with E-state index >= 15 is 0 Å². The molecule has 3 aromatic carbocycles. The summed E-state index contributed by atoms with van der Waals surface area (Å²) in [4.78, 5) is 36.6. The van der Waals surface area contributed by atoms with Crippen LogP contribution < -0.4 is 30.5 Å². The van der Waals surface area contributed by atoms with Crippen LogP contribution in [-0.2, 0) is 38.9 Å². The molecule has 1 aromatic heterocycles. The molecule has 1 unspecified atom stereocenters. The number of carbonyl (C=O) groups excluding carboxylic acids is 2. The van der Waals surface area contributed by atoms with E-state index in [0.29, 0.717) is 42.4 Å². The summed E-state index contributed by atoms with van der Waals surface area (Å²) in [5, 5.41) is 11.5. The number of amides is 2. The summed E-state index contributed by atoms with van der Waals surface area (Å²) in [5.41, 5.74) is 3.49. The fourth-order valence-electron chi connectivity index (χ4n) is 6.69. The van der Waals surface area contributed by atoms with Gasteiger partial charge in [0.25, 0.3) is 0 Å². The van der Waals surface area contributed by atoms with Crippen molar-refractivity contribution in [3.8, 4) is 0 Å². The van der Waals surface area contributed by atoms with Gasteiger partial charge in [-0.15, -0.1) is 0 Å². The summed E-state index contributed by atoms with van der Waals surface area (Å²) in [5.74, 6) is -0.980. The SMILES string of the molecule is CN(Cc1ccccc1NC1CCC(=O)NC1=O)C1CCN(c2ccc(Nc3ncc(C(F)(F)F)c(NCc4cccc(N(C)S(C)(=O)=O)c4)n3)cc2)CC1. The molecule has 1 atom stereocenters. The molecule has 2 aliphatic rings. The molecule has 55 heavy (non-hydrogen) atoms. The van der Waals surface area contributed by atoms with E-state index in [1.807, 2.05) is 48.5 Å². The standard InChI is InChI=1S/C38H44F3N9O4S/c1-48(24-26-8-4-5-10-32(26)45-33-15-16-34(51)46-36(33)52)28-17-19-50(20-18-28)29-13-11-27(12-14-29)44-37-43-23-31(38(39,40)41)35(47-37)42-22-25-7-6-9-30(21-25)49(2)55(3,53)54/h4-14,21,23,28,33,45H,15-20,22,24H2,1-3H3,(H,46,51,52)(H2,42,43,44,47). The molecule has 4 aromatic rings. The molecule has 0 bridgehead atoms. The Balaban J connectivity index is 1.04. The molecule has 0 spiro atoms. The van der Waals surface area contributed by atoms with Crippen molar-refractivity contribution in [2.75, 3.05) is 58.6 Å². The molecular formula is C38H44F3N9O4S. The number of alkyl halides is 3. The van der Waals surface area contributed by atoms with Gasteiger partial charge in [-0.3, -0.25) is 24.1 Å². The van der Waals surface area contributed by atoms with E-state index in [2.05, 4.69) is 48.1 Å². The largest absolute Gasteiger partial charge is 0.421 e. The first-order chi connectivity index (χ1) is 26.1. The van der Waals surface area contributed by atoms with E-state index in [0.717, 1.165) is 59.6 Å². The Morgan fingerprint density at radius 3 is 2.38 bits per heavy atom. The highest BCUT2D eigenvalue weighted by molar-refractivity contribution is 7.92.